The molecule has 0 aliphatic rings. The summed E-state index contributed by atoms with van der Waals surface area (Å²) in [7, 11) is 0. The lowest BCUT2D eigenvalue weighted by atomic mass is 10.0. The molecular formula is C20H15ClF3N5. The number of anilines is 1. The van der Waals surface area contributed by atoms with Gasteiger partial charge in [-0.25, -0.2) is 13.2 Å². The summed E-state index contributed by atoms with van der Waals surface area (Å²) < 4.78 is 43.8. The SMILES string of the molecule is Cc1ccc(C(C)Nc2c(-c3c(F)cc(F)cc3F)c(Cl)nc3ncnn23)cc1. The number of hydrogen-bond donors (Lipinski definition) is 1. The number of rotatable bonds is 4. The van der Waals surface area contributed by atoms with Gasteiger partial charge in [-0.05, 0) is 19.4 Å². The van der Waals surface area contributed by atoms with E-state index in [0.717, 1.165) is 11.1 Å². The normalized spacial score (nSPS) is 12.3. The number of aromatic nitrogens is 4. The predicted molar refractivity (Wildman–Crippen MR) is 104 cm³/mol. The van der Waals surface area contributed by atoms with Crippen LogP contribution in [0, 0.1) is 24.4 Å². The minimum Gasteiger partial charge on any atom is -0.363 e. The van der Waals surface area contributed by atoms with Gasteiger partial charge in [-0.1, -0.05) is 41.4 Å². The van der Waals surface area contributed by atoms with Gasteiger partial charge in [0.25, 0.3) is 5.78 Å². The van der Waals surface area contributed by atoms with Gasteiger partial charge in [0.05, 0.1) is 11.1 Å². The molecule has 1 atom stereocenters. The van der Waals surface area contributed by atoms with E-state index in [0.29, 0.717) is 12.1 Å². The van der Waals surface area contributed by atoms with Crippen molar-refractivity contribution in [2.24, 2.45) is 0 Å². The van der Waals surface area contributed by atoms with Crippen LogP contribution >= 0.6 is 11.6 Å². The number of nitrogens with one attached hydrogen (secondary N) is 1. The number of aryl methyl sites for hydroxylation is 1. The van der Waals surface area contributed by atoms with Crippen molar-refractivity contribution in [3.8, 4) is 11.1 Å². The van der Waals surface area contributed by atoms with E-state index in [4.69, 9.17) is 11.6 Å². The minimum absolute atomic E-state index is 0.0707. The number of nitrogens with zero attached hydrogens (tertiary/aromatic N) is 4. The Morgan fingerprint density at radius 3 is 2.34 bits per heavy atom. The van der Waals surface area contributed by atoms with Crippen LogP contribution in [0.2, 0.25) is 5.15 Å². The second-order valence-corrected chi connectivity index (χ2v) is 6.98. The Balaban J connectivity index is 1.92. The van der Waals surface area contributed by atoms with E-state index in [9.17, 15) is 13.2 Å². The highest BCUT2D eigenvalue weighted by atomic mass is 35.5. The summed E-state index contributed by atoms with van der Waals surface area (Å²) in [4.78, 5) is 8.05. The summed E-state index contributed by atoms with van der Waals surface area (Å²) in [6.07, 6.45) is 1.25. The summed E-state index contributed by atoms with van der Waals surface area (Å²) in [6, 6.07) is 8.70. The molecule has 0 saturated carbocycles. The van der Waals surface area contributed by atoms with E-state index >= 15 is 0 Å². The van der Waals surface area contributed by atoms with Crippen LogP contribution in [0.4, 0.5) is 19.0 Å². The smallest absolute Gasteiger partial charge is 0.255 e. The third-order valence-corrected chi connectivity index (χ3v) is 4.84. The third kappa shape index (κ3) is 3.51. The van der Waals surface area contributed by atoms with Crippen LogP contribution in [0.5, 0.6) is 0 Å². The molecule has 9 heteroatoms. The molecule has 0 spiro atoms. The lowest BCUT2D eigenvalue weighted by Gasteiger charge is -2.20. The van der Waals surface area contributed by atoms with Gasteiger partial charge in [-0.2, -0.15) is 19.6 Å². The second-order valence-electron chi connectivity index (χ2n) is 6.62. The molecule has 2 aromatic carbocycles. The van der Waals surface area contributed by atoms with Crippen molar-refractivity contribution in [1.29, 1.82) is 0 Å². The molecule has 0 amide bonds. The fourth-order valence-corrected chi connectivity index (χ4v) is 3.36. The van der Waals surface area contributed by atoms with Gasteiger partial charge < -0.3 is 5.32 Å². The fraction of sp³-hybridized carbons (Fsp3) is 0.150. The topological polar surface area (TPSA) is 55.1 Å². The van der Waals surface area contributed by atoms with Crippen LogP contribution in [-0.4, -0.2) is 19.6 Å². The van der Waals surface area contributed by atoms with Crippen molar-refractivity contribution < 1.29 is 13.2 Å². The van der Waals surface area contributed by atoms with E-state index in [-0.39, 0.29) is 28.4 Å². The van der Waals surface area contributed by atoms with Crippen LogP contribution in [0.1, 0.15) is 24.1 Å². The highest BCUT2D eigenvalue weighted by Gasteiger charge is 2.25. The van der Waals surface area contributed by atoms with Gasteiger partial charge in [0, 0.05) is 18.2 Å². The minimum atomic E-state index is -1.10. The maximum absolute atomic E-state index is 14.5. The molecular weight excluding hydrogens is 403 g/mol. The molecule has 0 fully saturated rings. The molecule has 1 N–H and O–H groups in total. The summed E-state index contributed by atoms with van der Waals surface area (Å²) in [6.45, 7) is 3.85. The molecule has 29 heavy (non-hydrogen) atoms. The standard InChI is InChI=1S/C20H15ClF3N5/c1-10-3-5-12(6-4-10)11(2)27-19-17(16-14(23)7-13(22)8-15(16)24)18(21)28-20-25-9-26-29(19)20/h3-9,11,27H,1-2H3. The van der Waals surface area contributed by atoms with E-state index in [2.05, 4.69) is 20.4 Å². The van der Waals surface area contributed by atoms with Gasteiger partial charge in [-0.15, -0.1) is 0 Å². The van der Waals surface area contributed by atoms with Gasteiger partial charge in [0.1, 0.15) is 34.7 Å². The molecule has 0 bridgehead atoms. The monoisotopic (exact) mass is 417 g/mol. The average molecular weight is 418 g/mol. The molecule has 5 nitrogen and oxygen atoms in total. The highest BCUT2D eigenvalue weighted by molar-refractivity contribution is 6.33. The molecule has 0 radical (unpaired) electrons. The average Bonchev–Trinajstić information content (AvgIpc) is 3.11. The summed E-state index contributed by atoms with van der Waals surface area (Å²) in [5, 5.41) is 7.09. The largest absolute Gasteiger partial charge is 0.363 e. The second kappa shape index (κ2) is 7.36. The number of fused-ring (bicyclic) bond motifs is 1. The first-order valence-electron chi connectivity index (χ1n) is 8.72. The van der Waals surface area contributed by atoms with Gasteiger partial charge in [0.2, 0.25) is 0 Å². The van der Waals surface area contributed by atoms with Gasteiger partial charge in [-0.3, -0.25) is 0 Å². The molecule has 0 saturated heterocycles. The lowest BCUT2D eigenvalue weighted by Crippen LogP contribution is -2.13. The molecule has 4 aromatic rings. The van der Waals surface area contributed by atoms with E-state index in [1.807, 2.05) is 38.1 Å². The Bertz CT molecular complexity index is 1180. The molecule has 0 aliphatic heterocycles. The zero-order chi connectivity index (χ0) is 20.7. The Morgan fingerprint density at radius 1 is 1.03 bits per heavy atom. The molecule has 1 unspecified atom stereocenters. The highest BCUT2D eigenvalue weighted by Crippen LogP contribution is 2.38. The first kappa shape index (κ1) is 19.2. The van der Waals surface area contributed by atoms with Crippen LogP contribution < -0.4 is 5.32 Å². The van der Waals surface area contributed by atoms with Gasteiger partial charge in [0.15, 0.2) is 0 Å². The molecule has 2 aromatic heterocycles. The van der Waals surface area contributed by atoms with Crippen molar-refractivity contribution in [1.82, 2.24) is 19.6 Å². The first-order valence-corrected chi connectivity index (χ1v) is 9.10. The zero-order valence-electron chi connectivity index (χ0n) is 15.4. The molecule has 2 heterocycles. The quantitative estimate of drug-likeness (QED) is 0.455. The molecule has 0 aliphatic carbocycles. The summed E-state index contributed by atoms with van der Waals surface area (Å²) in [5.74, 6) is -2.89. The van der Waals surface area contributed by atoms with Crippen molar-refractivity contribution in [3.05, 3.63) is 76.5 Å². The van der Waals surface area contributed by atoms with Crippen molar-refractivity contribution in [3.63, 3.8) is 0 Å². The third-order valence-electron chi connectivity index (χ3n) is 4.57. The molecule has 148 valence electrons. The summed E-state index contributed by atoms with van der Waals surface area (Å²) in [5.41, 5.74) is 1.46. The Morgan fingerprint density at radius 2 is 1.69 bits per heavy atom. The lowest BCUT2D eigenvalue weighted by molar-refractivity contribution is 0.548. The van der Waals surface area contributed by atoms with Crippen molar-refractivity contribution in [2.45, 2.75) is 19.9 Å². The van der Waals surface area contributed by atoms with E-state index in [1.54, 1.807) is 0 Å². The predicted octanol–water partition coefficient (Wildman–Crippen LogP) is 5.34. The maximum atomic E-state index is 14.5. The number of halogens is 4. The van der Waals surface area contributed by atoms with Crippen LogP contribution in [0.3, 0.4) is 0 Å². The number of hydrogen-bond acceptors (Lipinski definition) is 4. The Hall–Kier alpha value is -3.13. The Labute approximate surface area is 169 Å². The number of benzene rings is 2. The summed E-state index contributed by atoms with van der Waals surface area (Å²) >= 11 is 6.27. The molecule has 4 rings (SSSR count). The zero-order valence-corrected chi connectivity index (χ0v) is 16.2. The maximum Gasteiger partial charge on any atom is 0.255 e. The Kier molecular flexibility index (Phi) is 4.87. The van der Waals surface area contributed by atoms with Crippen LogP contribution in [-0.2, 0) is 0 Å². The van der Waals surface area contributed by atoms with E-state index < -0.39 is 23.0 Å². The van der Waals surface area contributed by atoms with Crippen molar-refractivity contribution >= 4 is 23.2 Å². The van der Waals surface area contributed by atoms with Crippen LogP contribution in [0.25, 0.3) is 16.9 Å². The van der Waals surface area contributed by atoms with E-state index in [1.165, 1.54) is 10.8 Å². The van der Waals surface area contributed by atoms with Crippen LogP contribution in [0.15, 0.2) is 42.7 Å². The van der Waals surface area contributed by atoms with Crippen molar-refractivity contribution in [2.75, 3.05) is 5.32 Å². The fourth-order valence-electron chi connectivity index (χ4n) is 3.10. The first-order chi connectivity index (χ1) is 13.8. The van der Waals surface area contributed by atoms with Gasteiger partial charge >= 0.3 is 0 Å².